The van der Waals surface area contributed by atoms with Gasteiger partial charge in [0.05, 0.1) is 12.3 Å². The first-order valence-corrected chi connectivity index (χ1v) is 4.19. The zero-order valence-electron chi connectivity index (χ0n) is 7.16. The Labute approximate surface area is 76.1 Å². The third-order valence-corrected chi connectivity index (χ3v) is 2.24. The summed E-state index contributed by atoms with van der Waals surface area (Å²) in [4.78, 5) is 0. The van der Waals surface area contributed by atoms with E-state index in [4.69, 9.17) is 16.2 Å². The highest BCUT2D eigenvalue weighted by molar-refractivity contribution is 5.59. The largest absolute Gasteiger partial charge is 0.506 e. The lowest BCUT2D eigenvalue weighted by Crippen LogP contribution is -2.20. The molecule has 1 aromatic carbocycles. The van der Waals surface area contributed by atoms with Crippen LogP contribution in [0.3, 0.4) is 0 Å². The molecule has 5 N–H and O–H groups in total. The molecule has 1 atom stereocenters. The smallest absolute Gasteiger partial charge is 0.142 e. The molecule has 70 valence electrons. The van der Waals surface area contributed by atoms with Crippen molar-refractivity contribution >= 4 is 5.69 Å². The van der Waals surface area contributed by atoms with E-state index >= 15 is 0 Å². The van der Waals surface area contributed by atoms with Crippen molar-refractivity contribution in [1.82, 2.24) is 0 Å². The Kier molecular flexibility index (Phi) is 1.77. The monoisotopic (exact) mass is 180 g/mol. The van der Waals surface area contributed by atoms with Gasteiger partial charge in [-0.05, 0) is 6.07 Å². The minimum atomic E-state index is -0.0355. The Hall–Kier alpha value is -1.42. The molecule has 1 heterocycles. The molecule has 0 amide bonds. The lowest BCUT2D eigenvalue weighted by atomic mass is 10.0. The van der Waals surface area contributed by atoms with E-state index in [9.17, 15) is 5.11 Å². The SMILES string of the molecule is Nc1cc2c(cc1O)OCCC2N. The highest BCUT2D eigenvalue weighted by atomic mass is 16.5. The quantitative estimate of drug-likeness (QED) is 0.406. The van der Waals surface area contributed by atoms with Gasteiger partial charge in [-0.2, -0.15) is 0 Å². The number of nitrogens with two attached hydrogens (primary N) is 2. The summed E-state index contributed by atoms with van der Waals surface area (Å²) >= 11 is 0. The number of anilines is 1. The molecular weight excluding hydrogens is 168 g/mol. The number of hydrogen-bond donors (Lipinski definition) is 3. The van der Waals surface area contributed by atoms with Crippen LogP contribution >= 0.6 is 0 Å². The molecule has 1 aliphatic heterocycles. The zero-order valence-corrected chi connectivity index (χ0v) is 7.16. The van der Waals surface area contributed by atoms with Gasteiger partial charge in [-0.1, -0.05) is 0 Å². The molecule has 0 saturated carbocycles. The Morgan fingerprint density at radius 1 is 1.46 bits per heavy atom. The average Bonchev–Trinajstić information content (AvgIpc) is 2.09. The Morgan fingerprint density at radius 2 is 2.23 bits per heavy atom. The minimum Gasteiger partial charge on any atom is -0.506 e. The van der Waals surface area contributed by atoms with Crippen LogP contribution in [0, 0.1) is 0 Å². The summed E-state index contributed by atoms with van der Waals surface area (Å²) in [5.41, 5.74) is 12.6. The first kappa shape index (κ1) is 8.19. The van der Waals surface area contributed by atoms with Gasteiger partial charge in [-0.15, -0.1) is 0 Å². The van der Waals surface area contributed by atoms with Crippen molar-refractivity contribution in [3.63, 3.8) is 0 Å². The van der Waals surface area contributed by atoms with Gasteiger partial charge < -0.3 is 21.3 Å². The van der Waals surface area contributed by atoms with E-state index in [1.54, 1.807) is 6.07 Å². The van der Waals surface area contributed by atoms with Crippen LogP contribution in [0.5, 0.6) is 11.5 Å². The molecule has 0 radical (unpaired) electrons. The third-order valence-electron chi connectivity index (χ3n) is 2.24. The lowest BCUT2D eigenvalue weighted by Gasteiger charge is -2.23. The number of nitrogen functional groups attached to an aromatic ring is 1. The fourth-order valence-electron chi connectivity index (χ4n) is 1.47. The first-order valence-electron chi connectivity index (χ1n) is 4.19. The Bertz CT molecular complexity index is 339. The van der Waals surface area contributed by atoms with Gasteiger partial charge in [0.15, 0.2) is 0 Å². The summed E-state index contributed by atoms with van der Waals surface area (Å²) in [7, 11) is 0. The average molecular weight is 180 g/mol. The molecule has 4 nitrogen and oxygen atoms in total. The molecule has 0 aromatic heterocycles. The second kappa shape index (κ2) is 2.81. The summed E-state index contributed by atoms with van der Waals surface area (Å²) in [6.45, 7) is 0.595. The molecule has 0 bridgehead atoms. The van der Waals surface area contributed by atoms with E-state index in [1.165, 1.54) is 6.07 Å². The molecule has 0 spiro atoms. The summed E-state index contributed by atoms with van der Waals surface area (Å²) in [6, 6.07) is 3.16. The first-order chi connectivity index (χ1) is 6.18. The molecule has 2 rings (SSSR count). The van der Waals surface area contributed by atoms with Crippen LogP contribution < -0.4 is 16.2 Å². The van der Waals surface area contributed by atoms with Crippen LogP contribution in [0.25, 0.3) is 0 Å². The zero-order chi connectivity index (χ0) is 9.42. The van der Waals surface area contributed by atoms with Crippen LogP contribution in [-0.4, -0.2) is 11.7 Å². The van der Waals surface area contributed by atoms with Gasteiger partial charge in [0.1, 0.15) is 11.5 Å². The molecular formula is C9H12N2O2. The van der Waals surface area contributed by atoms with E-state index in [-0.39, 0.29) is 11.8 Å². The van der Waals surface area contributed by atoms with Gasteiger partial charge in [-0.3, -0.25) is 0 Å². The van der Waals surface area contributed by atoms with Crippen LogP contribution in [0.2, 0.25) is 0 Å². The number of aromatic hydroxyl groups is 1. The van der Waals surface area contributed by atoms with Crippen LogP contribution in [0.4, 0.5) is 5.69 Å². The molecule has 1 aromatic rings. The molecule has 0 aliphatic carbocycles. The van der Waals surface area contributed by atoms with Crippen molar-refractivity contribution in [1.29, 1.82) is 0 Å². The maximum Gasteiger partial charge on any atom is 0.142 e. The number of ether oxygens (including phenoxy) is 1. The van der Waals surface area contributed by atoms with Crippen molar-refractivity contribution in [3.05, 3.63) is 17.7 Å². The standard InChI is InChI=1S/C9H12N2O2/c10-6-1-2-13-9-4-8(12)7(11)3-5(6)9/h3-4,6,12H,1-2,10-11H2. The molecule has 4 heteroatoms. The molecule has 1 unspecified atom stereocenters. The normalized spacial score (nSPS) is 20.5. The molecule has 13 heavy (non-hydrogen) atoms. The summed E-state index contributed by atoms with van der Waals surface area (Å²) in [5, 5.41) is 9.32. The second-order valence-corrected chi connectivity index (χ2v) is 3.19. The fraction of sp³-hybridized carbons (Fsp3) is 0.333. The van der Waals surface area contributed by atoms with E-state index in [0.717, 1.165) is 12.0 Å². The van der Waals surface area contributed by atoms with Gasteiger partial charge in [-0.25, -0.2) is 0 Å². The van der Waals surface area contributed by atoms with Crippen molar-refractivity contribution in [2.45, 2.75) is 12.5 Å². The highest BCUT2D eigenvalue weighted by Crippen LogP contribution is 2.36. The predicted molar refractivity (Wildman–Crippen MR) is 49.6 cm³/mol. The van der Waals surface area contributed by atoms with Gasteiger partial charge >= 0.3 is 0 Å². The number of fused-ring (bicyclic) bond motifs is 1. The van der Waals surface area contributed by atoms with Crippen molar-refractivity contribution in [2.24, 2.45) is 5.73 Å². The van der Waals surface area contributed by atoms with E-state index < -0.39 is 0 Å². The lowest BCUT2D eigenvalue weighted by molar-refractivity contribution is 0.267. The predicted octanol–water partition coefficient (Wildman–Crippen LogP) is 0.757. The number of benzene rings is 1. The topological polar surface area (TPSA) is 81.5 Å². The summed E-state index contributed by atoms with van der Waals surface area (Å²) in [6.07, 6.45) is 0.789. The minimum absolute atomic E-state index is 0.0355. The second-order valence-electron chi connectivity index (χ2n) is 3.19. The highest BCUT2D eigenvalue weighted by Gasteiger charge is 2.19. The van der Waals surface area contributed by atoms with E-state index in [0.29, 0.717) is 18.0 Å². The summed E-state index contributed by atoms with van der Waals surface area (Å²) in [5.74, 6) is 0.693. The number of phenolic OH excluding ortho intramolecular Hbond substituents is 1. The van der Waals surface area contributed by atoms with Gasteiger partial charge in [0, 0.05) is 24.1 Å². The van der Waals surface area contributed by atoms with Crippen LogP contribution in [-0.2, 0) is 0 Å². The number of phenols is 1. The molecule has 0 fully saturated rings. The molecule has 1 aliphatic rings. The Morgan fingerprint density at radius 3 is 3.00 bits per heavy atom. The van der Waals surface area contributed by atoms with Gasteiger partial charge in [0.25, 0.3) is 0 Å². The van der Waals surface area contributed by atoms with Crippen LogP contribution in [0.15, 0.2) is 12.1 Å². The third kappa shape index (κ3) is 1.29. The molecule has 0 saturated heterocycles. The van der Waals surface area contributed by atoms with Crippen LogP contribution in [0.1, 0.15) is 18.0 Å². The maximum atomic E-state index is 9.32. The van der Waals surface area contributed by atoms with Gasteiger partial charge in [0.2, 0.25) is 0 Å². The number of hydrogen-bond acceptors (Lipinski definition) is 4. The Balaban J connectivity index is 2.52. The van der Waals surface area contributed by atoms with E-state index in [1.807, 2.05) is 0 Å². The van der Waals surface area contributed by atoms with Crippen molar-refractivity contribution < 1.29 is 9.84 Å². The van der Waals surface area contributed by atoms with Crippen molar-refractivity contribution in [2.75, 3.05) is 12.3 Å². The number of rotatable bonds is 0. The fourth-order valence-corrected chi connectivity index (χ4v) is 1.47. The van der Waals surface area contributed by atoms with E-state index in [2.05, 4.69) is 0 Å². The van der Waals surface area contributed by atoms with Crippen molar-refractivity contribution in [3.8, 4) is 11.5 Å². The summed E-state index contributed by atoms with van der Waals surface area (Å²) < 4.78 is 5.33. The maximum absolute atomic E-state index is 9.32.